The van der Waals surface area contributed by atoms with E-state index in [2.05, 4.69) is 45.2 Å². The Morgan fingerprint density at radius 3 is 2.50 bits per heavy atom. The van der Waals surface area contributed by atoms with Crippen molar-refractivity contribution in [2.45, 2.75) is 13.8 Å². The molecule has 0 aliphatic heterocycles. The van der Waals surface area contributed by atoms with Gasteiger partial charge in [0, 0.05) is 78.9 Å². The number of aromatic nitrogens is 2. The van der Waals surface area contributed by atoms with Crippen LogP contribution in [0.5, 0.6) is 5.75 Å². The average molecular weight is 586 g/mol. The first-order valence-corrected chi connectivity index (χ1v) is 14.1. The van der Waals surface area contributed by atoms with E-state index in [0.29, 0.717) is 11.3 Å². The van der Waals surface area contributed by atoms with E-state index < -0.39 is 0 Å². The molecule has 176 valence electrons. The summed E-state index contributed by atoms with van der Waals surface area (Å²) >= 11 is 2.25. The largest absolute Gasteiger partial charge is 0.496 e. The van der Waals surface area contributed by atoms with Crippen LogP contribution in [0.2, 0.25) is 0 Å². The maximum Gasteiger partial charge on any atom is 0.255 e. The van der Waals surface area contributed by atoms with Gasteiger partial charge in [0.1, 0.15) is 5.75 Å². The Kier molecular flexibility index (Phi) is 8.73. The summed E-state index contributed by atoms with van der Waals surface area (Å²) in [5.74, 6) is 0.682. The molecule has 6 nitrogen and oxygen atoms in total. The third-order valence-electron chi connectivity index (χ3n) is 5.22. The summed E-state index contributed by atoms with van der Waals surface area (Å²) in [6.07, 6.45) is 3.90. The normalized spacial score (nSPS) is 10.4. The maximum absolute atomic E-state index is 12.7. The molecule has 0 unspecified atom stereocenters. The molecule has 2 aromatic heterocycles. The number of amides is 1. The van der Waals surface area contributed by atoms with Crippen LogP contribution in [0.3, 0.4) is 0 Å². The molecule has 0 atom stereocenters. The van der Waals surface area contributed by atoms with Crippen molar-refractivity contribution in [2.24, 2.45) is 4.99 Å². The zero-order valence-corrected chi connectivity index (χ0v) is 22.8. The molecule has 1 amide bonds. The topological polar surface area (TPSA) is 59.7 Å². The number of benzene rings is 2. The number of aliphatic imine (C=N–C) groups is 1. The van der Waals surface area contributed by atoms with E-state index >= 15 is 0 Å². The van der Waals surface area contributed by atoms with Crippen molar-refractivity contribution in [3.63, 3.8) is 0 Å². The Labute approximate surface area is 216 Å². The Balaban J connectivity index is 0.00000158. The second-order valence-electron chi connectivity index (χ2n) is 7.32. The molecule has 0 spiro atoms. The fourth-order valence-electron chi connectivity index (χ4n) is 3.64. The van der Waals surface area contributed by atoms with Crippen molar-refractivity contribution >= 4 is 59.7 Å². The second kappa shape index (κ2) is 11.5. The van der Waals surface area contributed by atoms with Gasteiger partial charge in [0.15, 0.2) is 5.65 Å². The summed E-state index contributed by atoms with van der Waals surface area (Å²) in [5, 5.41) is 1.00. The quantitative estimate of drug-likeness (QED) is 0.176. The SMILES string of the molecule is C=Nc1ccc(-c2cnc3c(c2)c(-c2ccccc2OC)cn3SI)cc1C(=O)N(C)C.CC. The van der Waals surface area contributed by atoms with Crippen molar-refractivity contribution in [1.29, 1.82) is 0 Å². The highest BCUT2D eigenvalue weighted by Crippen LogP contribution is 2.39. The fourth-order valence-corrected chi connectivity index (χ4v) is 4.89. The third kappa shape index (κ3) is 4.97. The van der Waals surface area contributed by atoms with E-state index in [1.807, 2.05) is 66.5 Å². The van der Waals surface area contributed by atoms with Crippen LogP contribution in [-0.2, 0) is 0 Å². The van der Waals surface area contributed by atoms with Crippen LogP contribution in [0.15, 0.2) is 65.9 Å². The van der Waals surface area contributed by atoms with Gasteiger partial charge in [-0.2, -0.15) is 0 Å². The highest BCUT2D eigenvalue weighted by Gasteiger charge is 2.18. The lowest BCUT2D eigenvalue weighted by atomic mass is 9.99. The van der Waals surface area contributed by atoms with Crippen molar-refractivity contribution in [2.75, 3.05) is 21.2 Å². The van der Waals surface area contributed by atoms with E-state index in [0.717, 1.165) is 39.0 Å². The molecular weight excluding hydrogens is 559 g/mol. The van der Waals surface area contributed by atoms with Gasteiger partial charge < -0.3 is 9.64 Å². The number of para-hydroxylation sites is 1. The van der Waals surface area contributed by atoms with Gasteiger partial charge in [0.2, 0.25) is 0 Å². The fraction of sp³-hybridized carbons (Fsp3) is 0.192. The minimum absolute atomic E-state index is 0.120. The minimum atomic E-state index is -0.120. The van der Waals surface area contributed by atoms with Crippen molar-refractivity contribution in [1.82, 2.24) is 13.9 Å². The molecule has 0 saturated carbocycles. The summed E-state index contributed by atoms with van der Waals surface area (Å²) in [6.45, 7) is 7.60. The van der Waals surface area contributed by atoms with Gasteiger partial charge in [-0.3, -0.25) is 13.8 Å². The van der Waals surface area contributed by atoms with Gasteiger partial charge in [-0.05, 0) is 36.5 Å². The molecule has 8 heteroatoms. The number of halogens is 1. The zero-order chi connectivity index (χ0) is 24.8. The summed E-state index contributed by atoms with van der Waals surface area (Å²) < 4.78 is 7.63. The average Bonchev–Trinajstić information content (AvgIpc) is 3.26. The molecule has 2 heterocycles. The summed E-state index contributed by atoms with van der Waals surface area (Å²) in [5.41, 5.74) is 5.76. The number of fused-ring (bicyclic) bond motifs is 1. The molecule has 34 heavy (non-hydrogen) atoms. The minimum Gasteiger partial charge on any atom is -0.496 e. The van der Waals surface area contributed by atoms with Gasteiger partial charge >= 0.3 is 0 Å². The Hall–Kier alpha value is -2.85. The molecule has 0 aliphatic carbocycles. The molecule has 0 bridgehead atoms. The molecule has 0 radical (unpaired) electrons. The highest BCUT2D eigenvalue weighted by atomic mass is 127. The van der Waals surface area contributed by atoms with Crippen LogP contribution >= 0.6 is 30.3 Å². The lowest BCUT2D eigenvalue weighted by Crippen LogP contribution is -2.21. The van der Waals surface area contributed by atoms with Gasteiger partial charge in [-0.15, -0.1) is 0 Å². The number of hydrogen-bond acceptors (Lipinski definition) is 5. The molecular formula is C26H27IN4O2S. The molecule has 4 aromatic rings. The van der Waals surface area contributed by atoms with E-state index in [4.69, 9.17) is 9.72 Å². The van der Waals surface area contributed by atoms with Crippen molar-refractivity contribution in [3.05, 3.63) is 66.5 Å². The van der Waals surface area contributed by atoms with E-state index in [1.54, 1.807) is 30.3 Å². The van der Waals surface area contributed by atoms with Crippen LogP contribution in [0.4, 0.5) is 5.69 Å². The number of rotatable bonds is 6. The van der Waals surface area contributed by atoms with Gasteiger partial charge in [0.05, 0.1) is 18.4 Å². The van der Waals surface area contributed by atoms with Crippen LogP contribution in [-0.4, -0.2) is 47.7 Å². The Bertz CT molecular complexity index is 1330. The molecule has 0 N–H and O–H groups in total. The smallest absolute Gasteiger partial charge is 0.255 e. The molecule has 4 rings (SSSR count). The monoisotopic (exact) mass is 586 g/mol. The highest BCUT2D eigenvalue weighted by molar-refractivity contribution is 14.2. The van der Waals surface area contributed by atoms with Gasteiger partial charge in [-0.25, -0.2) is 4.98 Å². The van der Waals surface area contributed by atoms with Gasteiger partial charge in [0.25, 0.3) is 5.91 Å². The van der Waals surface area contributed by atoms with Crippen LogP contribution in [0, 0.1) is 0 Å². The number of hydrogen-bond donors (Lipinski definition) is 0. The summed E-state index contributed by atoms with van der Waals surface area (Å²) in [6, 6.07) is 15.7. The van der Waals surface area contributed by atoms with E-state index in [9.17, 15) is 4.79 Å². The first-order chi connectivity index (χ1) is 16.5. The first kappa shape index (κ1) is 25.8. The van der Waals surface area contributed by atoms with E-state index in [-0.39, 0.29) is 5.91 Å². The van der Waals surface area contributed by atoms with Crippen LogP contribution in [0.1, 0.15) is 24.2 Å². The number of carbonyl (C=O) groups excluding carboxylic acids is 1. The zero-order valence-electron chi connectivity index (χ0n) is 19.9. The molecule has 0 aliphatic rings. The number of ether oxygens (including phenoxy) is 1. The Morgan fingerprint density at radius 1 is 1.12 bits per heavy atom. The second-order valence-corrected chi connectivity index (χ2v) is 9.04. The predicted molar refractivity (Wildman–Crippen MR) is 153 cm³/mol. The van der Waals surface area contributed by atoms with Crippen molar-refractivity contribution < 1.29 is 9.53 Å². The van der Waals surface area contributed by atoms with Gasteiger partial charge in [-0.1, -0.05) is 38.1 Å². The number of nitrogens with zero attached hydrogens (tertiary/aromatic N) is 4. The van der Waals surface area contributed by atoms with Crippen LogP contribution in [0.25, 0.3) is 33.3 Å². The Morgan fingerprint density at radius 2 is 1.85 bits per heavy atom. The molecule has 0 fully saturated rings. The number of carbonyl (C=O) groups is 1. The van der Waals surface area contributed by atoms with Crippen molar-refractivity contribution in [3.8, 4) is 28.0 Å². The summed E-state index contributed by atoms with van der Waals surface area (Å²) in [7, 11) is 6.67. The van der Waals surface area contributed by atoms with E-state index in [1.165, 1.54) is 4.90 Å². The maximum atomic E-state index is 12.7. The third-order valence-corrected chi connectivity index (χ3v) is 6.92. The number of methoxy groups -OCH3 is 1. The molecule has 0 saturated heterocycles. The first-order valence-electron chi connectivity index (χ1n) is 10.7. The summed E-state index contributed by atoms with van der Waals surface area (Å²) in [4.78, 5) is 23.0. The number of pyridine rings is 1. The van der Waals surface area contributed by atoms with Crippen LogP contribution < -0.4 is 4.74 Å². The standard InChI is InChI=1S/C24H21IN4O2S.C2H6/c1-26-21-10-9-15(11-19(21)24(30)28(2)3)16-12-18-20(14-29(32-25)23(18)27-13-16)17-7-5-6-8-22(17)31-4;1-2/h5-14H,1H2,2-4H3;1-2H3. The lowest BCUT2D eigenvalue weighted by molar-refractivity contribution is 0.0828. The predicted octanol–water partition coefficient (Wildman–Crippen LogP) is 7.29. The molecule has 2 aromatic carbocycles. The lowest BCUT2D eigenvalue weighted by Gasteiger charge is -2.13.